The summed E-state index contributed by atoms with van der Waals surface area (Å²) in [5, 5.41) is 0. The molecule has 0 aromatic carbocycles. The van der Waals surface area contributed by atoms with Crippen LogP contribution in [0.15, 0.2) is 0 Å². The van der Waals surface area contributed by atoms with Crippen LogP contribution in [0.2, 0.25) is 0 Å². The van der Waals surface area contributed by atoms with E-state index in [2.05, 4.69) is 30.6 Å². The molecule has 0 N–H and O–H groups in total. The lowest BCUT2D eigenvalue weighted by Gasteiger charge is -2.37. The summed E-state index contributed by atoms with van der Waals surface area (Å²) in [5.74, 6) is 0. The summed E-state index contributed by atoms with van der Waals surface area (Å²) < 4.78 is 0. The van der Waals surface area contributed by atoms with E-state index < -0.39 is 0 Å². The van der Waals surface area contributed by atoms with Crippen molar-refractivity contribution in [3.63, 3.8) is 0 Å². The SMILES string of the molecule is CCN1CCCN(C(C)C)C1. The molecule has 0 aliphatic carbocycles. The first-order valence-corrected chi connectivity index (χ1v) is 4.70. The highest BCUT2D eigenvalue weighted by Gasteiger charge is 2.17. The molecule has 1 rings (SSSR count). The van der Waals surface area contributed by atoms with Crippen molar-refractivity contribution in [2.45, 2.75) is 33.2 Å². The van der Waals surface area contributed by atoms with Gasteiger partial charge in [0.2, 0.25) is 0 Å². The zero-order valence-corrected chi connectivity index (χ0v) is 8.01. The molecule has 1 aliphatic rings. The molecule has 0 aromatic rings. The lowest BCUT2D eigenvalue weighted by molar-refractivity contribution is 0.0668. The Hall–Kier alpha value is -0.0800. The van der Waals surface area contributed by atoms with Crippen molar-refractivity contribution < 1.29 is 0 Å². The summed E-state index contributed by atoms with van der Waals surface area (Å²) in [6.45, 7) is 11.7. The van der Waals surface area contributed by atoms with Gasteiger partial charge in [0, 0.05) is 19.1 Å². The van der Waals surface area contributed by atoms with Crippen molar-refractivity contribution in [3.8, 4) is 0 Å². The van der Waals surface area contributed by atoms with E-state index in [0.29, 0.717) is 6.04 Å². The second-order valence-electron chi connectivity index (χ2n) is 3.61. The Bertz CT molecular complexity index is 112. The largest absolute Gasteiger partial charge is 0.291 e. The summed E-state index contributed by atoms with van der Waals surface area (Å²) in [4.78, 5) is 5.04. The van der Waals surface area contributed by atoms with Gasteiger partial charge in [-0.2, -0.15) is 0 Å². The Balaban J connectivity index is 2.33. The first-order valence-electron chi connectivity index (χ1n) is 4.70. The summed E-state index contributed by atoms with van der Waals surface area (Å²) in [6, 6.07) is 0.712. The van der Waals surface area contributed by atoms with Crippen LogP contribution in [0.1, 0.15) is 27.2 Å². The minimum atomic E-state index is 0.712. The fraction of sp³-hybridized carbons (Fsp3) is 1.00. The van der Waals surface area contributed by atoms with Crippen LogP contribution in [-0.4, -0.2) is 42.1 Å². The maximum absolute atomic E-state index is 2.53. The van der Waals surface area contributed by atoms with Crippen LogP contribution in [0.25, 0.3) is 0 Å². The molecule has 1 heterocycles. The van der Waals surface area contributed by atoms with Crippen LogP contribution in [-0.2, 0) is 0 Å². The smallest absolute Gasteiger partial charge is 0.0508 e. The monoisotopic (exact) mass is 156 g/mol. The van der Waals surface area contributed by atoms with Crippen molar-refractivity contribution in [3.05, 3.63) is 0 Å². The highest BCUT2D eigenvalue weighted by Crippen LogP contribution is 2.08. The molecule has 0 amide bonds. The third kappa shape index (κ3) is 2.46. The Kier molecular flexibility index (Phi) is 3.34. The van der Waals surface area contributed by atoms with Gasteiger partial charge in [0.25, 0.3) is 0 Å². The van der Waals surface area contributed by atoms with Gasteiger partial charge in [0.15, 0.2) is 0 Å². The maximum Gasteiger partial charge on any atom is 0.0508 e. The van der Waals surface area contributed by atoms with Crippen LogP contribution < -0.4 is 0 Å². The summed E-state index contributed by atoms with van der Waals surface area (Å²) in [5.41, 5.74) is 0. The van der Waals surface area contributed by atoms with Crippen LogP contribution in [0.3, 0.4) is 0 Å². The molecule has 1 saturated heterocycles. The first-order chi connectivity index (χ1) is 5.24. The molecule has 2 nitrogen and oxygen atoms in total. The first kappa shape index (κ1) is 9.01. The summed E-state index contributed by atoms with van der Waals surface area (Å²) >= 11 is 0. The van der Waals surface area contributed by atoms with E-state index in [-0.39, 0.29) is 0 Å². The molecule has 0 atom stereocenters. The van der Waals surface area contributed by atoms with Gasteiger partial charge in [-0.1, -0.05) is 6.92 Å². The number of hydrogen-bond donors (Lipinski definition) is 0. The second-order valence-corrected chi connectivity index (χ2v) is 3.61. The van der Waals surface area contributed by atoms with Gasteiger partial charge < -0.3 is 0 Å². The highest BCUT2D eigenvalue weighted by molar-refractivity contribution is 4.69. The molecule has 0 aromatic heterocycles. The fourth-order valence-corrected chi connectivity index (χ4v) is 1.58. The lowest BCUT2D eigenvalue weighted by Crippen LogP contribution is -2.47. The highest BCUT2D eigenvalue weighted by atomic mass is 15.3. The van der Waals surface area contributed by atoms with E-state index >= 15 is 0 Å². The van der Waals surface area contributed by atoms with E-state index in [1.807, 2.05) is 0 Å². The van der Waals surface area contributed by atoms with Crippen molar-refractivity contribution in [2.75, 3.05) is 26.3 Å². The van der Waals surface area contributed by atoms with Gasteiger partial charge in [-0.15, -0.1) is 0 Å². The van der Waals surface area contributed by atoms with E-state index in [4.69, 9.17) is 0 Å². The second kappa shape index (κ2) is 4.07. The molecular formula is C9H20N2. The Labute approximate surface area is 70.2 Å². The normalized spacial score (nSPS) is 22.9. The van der Waals surface area contributed by atoms with Gasteiger partial charge in [-0.3, -0.25) is 9.80 Å². The summed E-state index contributed by atoms with van der Waals surface area (Å²) in [6.07, 6.45) is 1.34. The van der Waals surface area contributed by atoms with Crippen molar-refractivity contribution in [1.82, 2.24) is 9.80 Å². The molecule has 1 aliphatic heterocycles. The average molecular weight is 156 g/mol. The molecule has 11 heavy (non-hydrogen) atoms. The van der Waals surface area contributed by atoms with Crippen LogP contribution >= 0.6 is 0 Å². The standard InChI is InChI=1S/C9H20N2/c1-4-10-6-5-7-11(8-10)9(2)3/h9H,4-8H2,1-3H3. The molecule has 0 bridgehead atoms. The van der Waals surface area contributed by atoms with Crippen molar-refractivity contribution >= 4 is 0 Å². The third-order valence-corrected chi connectivity index (χ3v) is 2.48. The molecule has 66 valence electrons. The zero-order chi connectivity index (χ0) is 8.27. The molecule has 0 spiro atoms. The minimum absolute atomic E-state index is 0.712. The van der Waals surface area contributed by atoms with Crippen LogP contribution in [0, 0.1) is 0 Å². The van der Waals surface area contributed by atoms with Gasteiger partial charge in [0.05, 0.1) is 6.67 Å². The predicted octanol–water partition coefficient (Wildman–Crippen LogP) is 1.38. The molecule has 0 saturated carbocycles. The van der Waals surface area contributed by atoms with Crippen LogP contribution in [0.4, 0.5) is 0 Å². The topological polar surface area (TPSA) is 6.48 Å². The van der Waals surface area contributed by atoms with Gasteiger partial charge in [-0.25, -0.2) is 0 Å². The molecule has 1 fully saturated rings. The Morgan fingerprint density at radius 3 is 2.55 bits per heavy atom. The average Bonchev–Trinajstić information content (AvgIpc) is 2.05. The van der Waals surface area contributed by atoms with Crippen molar-refractivity contribution in [1.29, 1.82) is 0 Å². The van der Waals surface area contributed by atoms with Gasteiger partial charge in [0.1, 0.15) is 0 Å². The third-order valence-electron chi connectivity index (χ3n) is 2.48. The quantitative estimate of drug-likeness (QED) is 0.596. The maximum atomic E-state index is 2.53. The fourth-order valence-electron chi connectivity index (χ4n) is 1.58. The Morgan fingerprint density at radius 1 is 1.27 bits per heavy atom. The van der Waals surface area contributed by atoms with Crippen molar-refractivity contribution in [2.24, 2.45) is 0 Å². The zero-order valence-electron chi connectivity index (χ0n) is 8.01. The lowest BCUT2D eigenvalue weighted by atomic mass is 10.2. The number of rotatable bonds is 2. The molecule has 0 unspecified atom stereocenters. The number of hydrogen-bond acceptors (Lipinski definition) is 2. The van der Waals surface area contributed by atoms with E-state index in [9.17, 15) is 0 Å². The predicted molar refractivity (Wildman–Crippen MR) is 48.6 cm³/mol. The number of nitrogens with zero attached hydrogens (tertiary/aromatic N) is 2. The Morgan fingerprint density at radius 2 is 2.00 bits per heavy atom. The molecule has 0 radical (unpaired) electrons. The van der Waals surface area contributed by atoms with E-state index in [1.165, 1.54) is 32.7 Å². The molecular weight excluding hydrogens is 136 g/mol. The summed E-state index contributed by atoms with van der Waals surface area (Å²) in [7, 11) is 0. The molecule has 2 heteroatoms. The van der Waals surface area contributed by atoms with E-state index in [0.717, 1.165) is 0 Å². The minimum Gasteiger partial charge on any atom is -0.291 e. The van der Waals surface area contributed by atoms with Crippen LogP contribution in [0.5, 0.6) is 0 Å². The van der Waals surface area contributed by atoms with E-state index in [1.54, 1.807) is 0 Å². The van der Waals surface area contributed by atoms with Gasteiger partial charge >= 0.3 is 0 Å². The van der Waals surface area contributed by atoms with Gasteiger partial charge in [-0.05, 0) is 26.8 Å².